The molecule has 1 aromatic heterocycles. The molecule has 0 nitrogen and oxygen atoms in total. The van der Waals surface area contributed by atoms with E-state index in [1.54, 1.807) is 9.75 Å². The summed E-state index contributed by atoms with van der Waals surface area (Å²) in [7, 11) is 0. The molecule has 1 aromatic rings. The van der Waals surface area contributed by atoms with Crippen LogP contribution in [0.5, 0.6) is 0 Å². The number of halogens is 1. The molecule has 2 atom stereocenters. The third-order valence-corrected chi connectivity index (χ3v) is 5.61. The second-order valence-electron chi connectivity index (χ2n) is 4.91. The number of thiophene rings is 1. The molecule has 1 aliphatic rings. The second kappa shape index (κ2) is 6.20. The Morgan fingerprint density at radius 2 is 2.00 bits per heavy atom. The Balaban J connectivity index is 1.92. The minimum absolute atomic E-state index is 0.769. The lowest BCUT2D eigenvalue weighted by Crippen LogP contribution is -2.07. The van der Waals surface area contributed by atoms with Gasteiger partial charge in [0.1, 0.15) is 0 Å². The molecule has 16 heavy (non-hydrogen) atoms. The first kappa shape index (κ1) is 12.6. The molecule has 0 aromatic carbocycles. The van der Waals surface area contributed by atoms with Gasteiger partial charge in [-0.2, -0.15) is 0 Å². The average molecular weight is 301 g/mol. The van der Waals surface area contributed by atoms with Gasteiger partial charge in [0.2, 0.25) is 0 Å². The van der Waals surface area contributed by atoms with Crippen molar-refractivity contribution in [2.75, 3.05) is 0 Å². The van der Waals surface area contributed by atoms with Gasteiger partial charge in [0.25, 0.3) is 0 Å². The van der Waals surface area contributed by atoms with E-state index in [0.29, 0.717) is 0 Å². The van der Waals surface area contributed by atoms with Crippen LogP contribution in [0.3, 0.4) is 0 Å². The SMILES string of the molecule is CCc1ccc(CC2CCCCC(Br)C2)s1. The maximum absolute atomic E-state index is 3.81. The van der Waals surface area contributed by atoms with Crippen molar-refractivity contribution >= 4 is 27.3 Å². The third kappa shape index (κ3) is 3.59. The van der Waals surface area contributed by atoms with Crippen LogP contribution < -0.4 is 0 Å². The summed E-state index contributed by atoms with van der Waals surface area (Å²) < 4.78 is 0. The van der Waals surface area contributed by atoms with Gasteiger partial charge in [0.05, 0.1) is 0 Å². The van der Waals surface area contributed by atoms with Gasteiger partial charge in [-0.15, -0.1) is 11.3 Å². The second-order valence-corrected chi connectivity index (χ2v) is 7.46. The molecule has 90 valence electrons. The summed E-state index contributed by atoms with van der Waals surface area (Å²) in [4.78, 5) is 3.91. The van der Waals surface area contributed by atoms with Gasteiger partial charge in [0, 0.05) is 14.6 Å². The summed E-state index contributed by atoms with van der Waals surface area (Å²) in [5.74, 6) is 0.912. The molecule has 0 radical (unpaired) electrons. The zero-order chi connectivity index (χ0) is 11.4. The van der Waals surface area contributed by atoms with Gasteiger partial charge in [-0.3, -0.25) is 0 Å². The molecule has 1 aliphatic carbocycles. The van der Waals surface area contributed by atoms with E-state index in [-0.39, 0.29) is 0 Å². The standard InChI is InChI=1S/C14H21BrS/c1-2-13-7-8-14(16-13)10-11-5-3-4-6-12(15)9-11/h7-8,11-12H,2-6,9-10H2,1H3. The van der Waals surface area contributed by atoms with Gasteiger partial charge in [0.15, 0.2) is 0 Å². The van der Waals surface area contributed by atoms with Gasteiger partial charge in [-0.05, 0) is 43.7 Å². The summed E-state index contributed by atoms with van der Waals surface area (Å²) in [6.45, 7) is 2.25. The monoisotopic (exact) mass is 300 g/mol. The highest BCUT2D eigenvalue weighted by atomic mass is 79.9. The van der Waals surface area contributed by atoms with E-state index in [0.717, 1.165) is 10.7 Å². The van der Waals surface area contributed by atoms with Crippen LogP contribution in [-0.2, 0) is 12.8 Å². The minimum Gasteiger partial charge on any atom is -0.145 e. The third-order valence-electron chi connectivity index (χ3n) is 3.52. The van der Waals surface area contributed by atoms with Crippen molar-refractivity contribution in [2.24, 2.45) is 5.92 Å². The maximum Gasteiger partial charge on any atom is 0.0148 e. The van der Waals surface area contributed by atoms with Gasteiger partial charge < -0.3 is 0 Å². The summed E-state index contributed by atoms with van der Waals surface area (Å²) >= 11 is 5.83. The highest BCUT2D eigenvalue weighted by Crippen LogP contribution is 2.31. The van der Waals surface area contributed by atoms with E-state index in [1.165, 1.54) is 44.9 Å². The number of aryl methyl sites for hydroxylation is 1. The van der Waals surface area contributed by atoms with Crippen LogP contribution >= 0.6 is 27.3 Å². The first-order chi connectivity index (χ1) is 7.78. The van der Waals surface area contributed by atoms with Gasteiger partial charge in [-0.25, -0.2) is 0 Å². The predicted octanol–water partition coefficient (Wildman–Crippen LogP) is 5.20. The maximum atomic E-state index is 3.81. The van der Waals surface area contributed by atoms with Crippen molar-refractivity contribution in [1.29, 1.82) is 0 Å². The number of alkyl halides is 1. The zero-order valence-electron chi connectivity index (χ0n) is 10.0. The quantitative estimate of drug-likeness (QED) is 0.532. The minimum atomic E-state index is 0.769. The predicted molar refractivity (Wildman–Crippen MR) is 76.7 cm³/mol. The van der Waals surface area contributed by atoms with Crippen LogP contribution in [0.25, 0.3) is 0 Å². The Labute approximate surface area is 112 Å². The first-order valence-corrected chi connectivity index (χ1v) is 8.22. The molecular formula is C14H21BrS. The Bertz CT molecular complexity index is 318. The Morgan fingerprint density at radius 3 is 2.75 bits per heavy atom. The van der Waals surface area contributed by atoms with E-state index < -0.39 is 0 Å². The van der Waals surface area contributed by atoms with Crippen LogP contribution in [0.2, 0.25) is 0 Å². The van der Waals surface area contributed by atoms with Crippen LogP contribution in [0.1, 0.15) is 48.8 Å². The molecule has 1 saturated carbocycles. The van der Waals surface area contributed by atoms with E-state index in [9.17, 15) is 0 Å². The lowest BCUT2D eigenvalue weighted by molar-refractivity contribution is 0.467. The molecule has 0 spiro atoms. The van der Waals surface area contributed by atoms with Crippen LogP contribution in [0.15, 0.2) is 12.1 Å². The molecule has 2 rings (SSSR count). The Morgan fingerprint density at radius 1 is 1.25 bits per heavy atom. The van der Waals surface area contributed by atoms with Crippen molar-refractivity contribution < 1.29 is 0 Å². The fourth-order valence-corrected chi connectivity index (χ4v) is 4.51. The van der Waals surface area contributed by atoms with E-state index >= 15 is 0 Å². The average Bonchev–Trinajstić information content (AvgIpc) is 2.62. The fourth-order valence-electron chi connectivity index (χ4n) is 2.59. The molecular weight excluding hydrogens is 280 g/mol. The molecule has 1 heterocycles. The molecule has 0 aliphatic heterocycles. The molecule has 0 saturated heterocycles. The van der Waals surface area contributed by atoms with Crippen molar-refractivity contribution in [3.8, 4) is 0 Å². The molecule has 0 amide bonds. The van der Waals surface area contributed by atoms with Gasteiger partial charge in [-0.1, -0.05) is 42.1 Å². The molecule has 0 bridgehead atoms. The van der Waals surface area contributed by atoms with Crippen molar-refractivity contribution in [3.63, 3.8) is 0 Å². The lowest BCUT2D eigenvalue weighted by Gasteiger charge is -2.14. The fraction of sp³-hybridized carbons (Fsp3) is 0.714. The normalized spacial score (nSPS) is 26.6. The summed E-state index contributed by atoms with van der Waals surface area (Å²) in [5.41, 5.74) is 0. The van der Waals surface area contributed by atoms with Crippen molar-refractivity contribution in [2.45, 2.75) is 56.7 Å². The van der Waals surface area contributed by atoms with Crippen LogP contribution in [0.4, 0.5) is 0 Å². The summed E-state index contributed by atoms with van der Waals surface area (Å²) in [5, 5.41) is 0. The molecule has 0 N–H and O–H groups in total. The van der Waals surface area contributed by atoms with Crippen molar-refractivity contribution in [1.82, 2.24) is 0 Å². The molecule has 2 unspecified atom stereocenters. The number of hydrogen-bond donors (Lipinski definition) is 0. The molecule has 1 fully saturated rings. The summed E-state index contributed by atoms with van der Waals surface area (Å²) in [6.07, 6.45) is 9.53. The van der Waals surface area contributed by atoms with E-state index in [4.69, 9.17) is 0 Å². The largest absolute Gasteiger partial charge is 0.145 e. The first-order valence-electron chi connectivity index (χ1n) is 6.49. The zero-order valence-corrected chi connectivity index (χ0v) is 12.4. The molecule has 2 heteroatoms. The lowest BCUT2D eigenvalue weighted by atomic mass is 9.96. The Kier molecular flexibility index (Phi) is 4.90. The number of rotatable bonds is 3. The van der Waals surface area contributed by atoms with Gasteiger partial charge >= 0.3 is 0 Å². The van der Waals surface area contributed by atoms with Crippen LogP contribution in [0, 0.1) is 5.92 Å². The summed E-state index contributed by atoms with van der Waals surface area (Å²) in [6, 6.07) is 4.65. The smallest absolute Gasteiger partial charge is 0.0148 e. The topological polar surface area (TPSA) is 0 Å². The Hall–Kier alpha value is 0.180. The highest BCUT2D eigenvalue weighted by molar-refractivity contribution is 9.09. The van der Waals surface area contributed by atoms with E-state index in [1.807, 2.05) is 11.3 Å². The number of hydrogen-bond acceptors (Lipinski definition) is 1. The highest BCUT2D eigenvalue weighted by Gasteiger charge is 2.18. The van der Waals surface area contributed by atoms with Crippen molar-refractivity contribution in [3.05, 3.63) is 21.9 Å². The van der Waals surface area contributed by atoms with Crippen LogP contribution in [-0.4, -0.2) is 4.83 Å². The van der Waals surface area contributed by atoms with E-state index in [2.05, 4.69) is 35.0 Å².